The van der Waals surface area contributed by atoms with Crippen LogP contribution in [0.5, 0.6) is 11.5 Å². The third kappa shape index (κ3) is 4.72. The summed E-state index contributed by atoms with van der Waals surface area (Å²) in [7, 11) is 0. The molecule has 5 nitrogen and oxygen atoms in total. The Bertz CT molecular complexity index is 697. The molecule has 1 aliphatic rings. The summed E-state index contributed by atoms with van der Waals surface area (Å²) in [5, 5.41) is 3.10. The first-order valence-corrected chi connectivity index (χ1v) is 8.85. The van der Waals surface area contributed by atoms with Gasteiger partial charge in [0.1, 0.15) is 6.61 Å². The first kappa shape index (κ1) is 17.3. The van der Waals surface area contributed by atoms with Crippen molar-refractivity contribution in [2.75, 3.05) is 6.61 Å². The number of carbonyl (C=O) groups excluding carboxylic acids is 1. The molecule has 1 aromatic heterocycles. The van der Waals surface area contributed by atoms with Gasteiger partial charge in [-0.25, -0.2) is 0 Å². The van der Waals surface area contributed by atoms with Crippen molar-refractivity contribution in [1.29, 1.82) is 0 Å². The minimum absolute atomic E-state index is 0.0477. The summed E-state index contributed by atoms with van der Waals surface area (Å²) in [6, 6.07) is 9.46. The molecule has 0 saturated heterocycles. The molecule has 1 N–H and O–H groups in total. The van der Waals surface area contributed by atoms with Gasteiger partial charge in [0, 0.05) is 24.0 Å². The lowest BCUT2D eigenvalue weighted by Gasteiger charge is -2.15. The average Bonchev–Trinajstić information content (AvgIpc) is 3.14. The van der Waals surface area contributed by atoms with E-state index >= 15 is 0 Å². The molecule has 132 valence electrons. The van der Waals surface area contributed by atoms with Crippen LogP contribution in [-0.2, 0) is 6.61 Å². The van der Waals surface area contributed by atoms with Gasteiger partial charge in [0.15, 0.2) is 11.5 Å². The van der Waals surface area contributed by atoms with E-state index in [1.165, 1.54) is 12.8 Å². The van der Waals surface area contributed by atoms with Gasteiger partial charge in [-0.05, 0) is 55.7 Å². The van der Waals surface area contributed by atoms with Gasteiger partial charge in [0.2, 0.25) is 0 Å². The van der Waals surface area contributed by atoms with Crippen LogP contribution < -0.4 is 14.8 Å². The standard InChI is InChI=1S/C20H24N2O3/c1-2-24-19-13-16(20(23)22-17-5-3-4-6-17)7-8-18(19)25-14-15-9-11-21-12-10-15/h7-13,17H,2-6,14H2,1H3,(H,22,23). The van der Waals surface area contributed by atoms with Gasteiger partial charge < -0.3 is 14.8 Å². The van der Waals surface area contributed by atoms with Gasteiger partial charge in [-0.2, -0.15) is 0 Å². The summed E-state index contributed by atoms with van der Waals surface area (Å²) < 4.78 is 11.5. The molecule has 1 aliphatic carbocycles. The molecule has 25 heavy (non-hydrogen) atoms. The number of benzene rings is 1. The van der Waals surface area contributed by atoms with Crippen molar-refractivity contribution in [3.8, 4) is 11.5 Å². The maximum atomic E-state index is 12.4. The van der Waals surface area contributed by atoms with Crippen LogP contribution in [0.25, 0.3) is 0 Å². The van der Waals surface area contributed by atoms with Gasteiger partial charge in [-0.1, -0.05) is 12.8 Å². The highest BCUT2D eigenvalue weighted by atomic mass is 16.5. The molecule has 1 amide bonds. The summed E-state index contributed by atoms with van der Waals surface area (Å²) in [6.07, 6.45) is 7.99. The minimum Gasteiger partial charge on any atom is -0.490 e. The zero-order valence-electron chi connectivity index (χ0n) is 14.5. The van der Waals surface area contributed by atoms with Crippen LogP contribution >= 0.6 is 0 Å². The molecule has 0 spiro atoms. The first-order valence-electron chi connectivity index (χ1n) is 8.85. The molecule has 1 saturated carbocycles. The predicted molar refractivity (Wildman–Crippen MR) is 95.9 cm³/mol. The van der Waals surface area contributed by atoms with Crippen LogP contribution in [0.2, 0.25) is 0 Å². The van der Waals surface area contributed by atoms with Crippen LogP contribution in [0, 0.1) is 0 Å². The predicted octanol–water partition coefficient (Wildman–Crippen LogP) is 3.73. The van der Waals surface area contributed by atoms with Crippen LogP contribution in [0.1, 0.15) is 48.5 Å². The Balaban J connectivity index is 1.69. The maximum absolute atomic E-state index is 12.4. The molecule has 0 radical (unpaired) electrons. The van der Waals surface area contributed by atoms with Crippen LogP contribution in [0.4, 0.5) is 0 Å². The summed E-state index contributed by atoms with van der Waals surface area (Å²) in [5.41, 5.74) is 1.63. The fraction of sp³-hybridized carbons (Fsp3) is 0.400. The molecule has 0 aliphatic heterocycles. The quantitative estimate of drug-likeness (QED) is 0.834. The van der Waals surface area contributed by atoms with E-state index in [-0.39, 0.29) is 5.91 Å². The molecule has 5 heteroatoms. The average molecular weight is 340 g/mol. The third-order valence-electron chi connectivity index (χ3n) is 4.34. The number of hydrogen-bond acceptors (Lipinski definition) is 4. The smallest absolute Gasteiger partial charge is 0.251 e. The minimum atomic E-state index is -0.0477. The van der Waals surface area contributed by atoms with E-state index in [2.05, 4.69) is 10.3 Å². The molecule has 2 aromatic rings. The van der Waals surface area contributed by atoms with Crippen LogP contribution in [-0.4, -0.2) is 23.5 Å². The summed E-state index contributed by atoms with van der Waals surface area (Å²) in [6.45, 7) is 2.85. The van der Waals surface area contributed by atoms with Gasteiger partial charge in [0.05, 0.1) is 6.61 Å². The third-order valence-corrected chi connectivity index (χ3v) is 4.34. The highest BCUT2D eigenvalue weighted by molar-refractivity contribution is 5.95. The number of carbonyl (C=O) groups is 1. The Morgan fingerprint density at radius 2 is 1.88 bits per heavy atom. The monoisotopic (exact) mass is 340 g/mol. The second-order valence-corrected chi connectivity index (χ2v) is 6.19. The first-order chi connectivity index (χ1) is 12.3. The molecule has 1 fully saturated rings. The number of pyridine rings is 1. The molecule has 3 rings (SSSR count). The van der Waals surface area contributed by atoms with Crippen molar-refractivity contribution in [2.24, 2.45) is 0 Å². The Hall–Kier alpha value is -2.56. The second kappa shape index (κ2) is 8.51. The van der Waals surface area contributed by atoms with E-state index in [0.717, 1.165) is 18.4 Å². The molecule has 0 bridgehead atoms. The summed E-state index contributed by atoms with van der Waals surface area (Å²) in [4.78, 5) is 16.4. The number of amides is 1. The lowest BCUT2D eigenvalue weighted by Crippen LogP contribution is -2.32. The lowest BCUT2D eigenvalue weighted by atomic mass is 10.1. The topological polar surface area (TPSA) is 60.5 Å². The molecular formula is C20H24N2O3. The number of hydrogen-bond donors (Lipinski definition) is 1. The van der Waals surface area contributed by atoms with Gasteiger partial charge in [0.25, 0.3) is 5.91 Å². The van der Waals surface area contributed by atoms with Crippen molar-refractivity contribution < 1.29 is 14.3 Å². The SMILES string of the molecule is CCOc1cc(C(=O)NC2CCCC2)ccc1OCc1ccncc1. The highest BCUT2D eigenvalue weighted by Gasteiger charge is 2.19. The number of rotatable bonds is 7. The van der Waals surface area contributed by atoms with Gasteiger partial charge >= 0.3 is 0 Å². The zero-order chi connectivity index (χ0) is 17.5. The molecule has 1 aromatic carbocycles. The molecule has 1 heterocycles. The van der Waals surface area contributed by atoms with Gasteiger partial charge in [-0.3, -0.25) is 9.78 Å². The fourth-order valence-corrected chi connectivity index (χ4v) is 3.02. The van der Waals surface area contributed by atoms with Crippen molar-refractivity contribution in [3.05, 3.63) is 53.9 Å². The van der Waals surface area contributed by atoms with E-state index in [1.807, 2.05) is 19.1 Å². The van der Waals surface area contributed by atoms with E-state index in [9.17, 15) is 4.79 Å². The van der Waals surface area contributed by atoms with E-state index in [1.54, 1.807) is 30.6 Å². The largest absolute Gasteiger partial charge is 0.490 e. The molecule has 0 unspecified atom stereocenters. The number of nitrogens with zero attached hydrogens (tertiary/aromatic N) is 1. The lowest BCUT2D eigenvalue weighted by molar-refractivity contribution is 0.0937. The number of aromatic nitrogens is 1. The summed E-state index contributed by atoms with van der Waals surface area (Å²) in [5.74, 6) is 1.18. The van der Waals surface area contributed by atoms with Gasteiger partial charge in [-0.15, -0.1) is 0 Å². The normalized spacial score (nSPS) is 14.3. The van der Waals surface area contributed by atoms with Crippen molar-refractivity contribution in [3.63, 3.8) is 0 Å². The second-order valence-electron chi connectivity index (χ2n) is 6.19. The maximum Gasteiger partial charge on any atom is 0.251 e. The Kier molecular flexibility index (Phi) is 5.88. The summed E-state index contributed by atoms with van der Waals surface area (Å²) >= 11 is 0. The van der Waals surface area contributed by atoms with Crippen molar-refractivity contribution in [2.45, 2.75) is 45.3 Å². The van der Waals surface area contributed by atoms with E-state index in [4.69, 9.17) is 9.47 Å². The fourth-order valence-electron chi connectivity index (χ4n) is 3.02. The Labute approximate surface area is 148 Å². The van der Waals surface area contributed by atoms with Crippen molar-refractivity contribution >= 4 is 5.91 Å². The zero-order valence-corrected chi connectivity index (χ0v) is 14.5. The van der Waals surface area contributed by atoms with E-state index in [0.29, 0.717) is 36.3 Å². The molecule has 0 atom stereocenters. The van der Waals surface area contributed by atoms with Crippen LogP contribution in [0.15, 0.2) is 42.7 Å². The molecular weight excluding hydrogens is 316 g/mol. The highest BCUT2D eigenvalue weighted by Crippen LogP contribution is 2.29. The number of nitrogens with one attached hydrogen (secondary N) is 1. The number of ether oxygens (including phenoxy) is 2. The Morgan fingerprint density at radius 1 is 1.12 bits per heavy atom. The van der Waals surface area contributed by atoms with Crippen molar-refractivity contribution in [1.82, 2.24) is 10.3 Å². The van der Waals surface area contributed by atoms with Crippen LogP contribution in [0.3, 0.4) is 0 Å². The Morgan fingerprint density at radius 3 is 2.60 bits per heavy atom. The van der Waals surface area contributed by atoms with E-state index < -0.39 is 0 Å².